The fourth-order valence-electron chi connectivity index (χ4n) is 0.912. The van der Waals surface area contributed by atoms with E-state index in [1.54, 1.807) is 12.1 Å². The maximum absolute atomic E-state index is 12.9. The molecule has 0 aromatic carbocycles. The largest absolute Gasteiger partial charge is 0.390 e. The topological polar surface area (TPSA) is 59.1 Å². The second kappa shape index (κ2) is 5.69. The molecule has 0 fully saturated rings. The molecule has 3 nitrogen and oxygen atoms in total. The van der Waals surface area contributed by atoms with E-state index >= 15 is 0 Å². The van der Waals surface area contributed by atoms with Crippen molar-refractivity contribution in [2.24, 2.45) is 5.73 Å². The summed E-state index contributed by atoms with van der Waals surface area (Å²) in [6, 6.07) is 2.96. The van der Waals surface area contributed by atoms with Crippen LogP contribution in [0.3, 0.4) is 0 Å². The molecule has 0 saturated heterocycles. The Bertz CT molecular complexity index is 327. The van der Waals surface area contributed by atoms with Crippen LogP contribution >= 0.6 is 28.3 Å². The van der Waals surface area contributed by atoms with Crippen molar-refractivity contribution in [1.82, 2.24) is 4.98 Å². The van der Waals surface area contributed by atoms with Gasteiger partial charge in [-0.1, -0.05) is 6.07 Å². The van der Waals surface area contributed by atoms with Crippen LogP contribution in [0, 0.1) is 0 Å². The summed E-state index contributed by atoms with van der Waals surface area (Å²) < 4.78 is 26.3. The van der Waals surface area contributed by atoms with E-state index in [-0.39, 0.29) is 18.1 Å². The summed E-state index contributed by atoms with van der Waals surface area (Å²) >= 11 is 3.05. The first-order chi connectivity index (χ1) is 6.47. The zero-order valence-corrected chi connectivity index (χ0v) is 9.93. The Morgan fingerprint density at radius 2 is 2.13 bits per heavy atom. The fourth-order valence-corrected chi connectivity index (χ4v) is 1.27. The van der Waals surface area contributed by atoms with Crippen molar-refractivity contribution in [1.29, 1.82) is 0 Å². The van der Waals surface area contributed by atoms with Crippen molar-refractivity contribution in [2.75, 3.05) is 6.61 Å². The number of aromatic nitrogens is 1. The molecule has 7 heteroatoms. The predicted molar refractivity (Wildman–Crippen MR) is 58.1 cm³/mol. The number of halogens is 4. The van der Waals surface area contributed by atoms with Crippen LogP contribution in [0.1, 0.15) is 11.7 Å². The molecule has 1 aromatic heterocycles. The molecule has 0 amide bonds. The van der Waals surface area contributed by atoms with E-state index in [2.05, 4.69) is 20.9 Å². The maximum Gasteiger partial charge on any atom is 0.291 e. The summed E-state index contributed by atoms with van der Waals surface area (Å²) in [6.45, 7) is -1.29. The van der Waals surface area contributed by atoms with Gasteiger partial charge in [-0.2, -0.15) is 0 Å². The lowest BCUT2D eigenvalue weighted by atomic mass is 10.1. The highest BCUT2D eigenvalue weighted by Crippen LogP contribution is 2.27. The summed E-state index contributed by atoms with van der Waals surface area (Å²) in [5.74, 6) is -3.35. The number of pyridine rings is 1. The molecule has 0 aliphatic rings. The van der Waals surface area contributed by atoms with Gasteiger partial charge in [-0.05, 0) is 28.1 Å². The summed E-state index contributed by atoms with van der Waals surface area (Å²) in [7, 11) is 0. The van der Waals surface area contributed by atoms with Gasteiger partial charge < -0.3 is 10.8 Å². The molecular weight excluding hydrogens is 293 g/mol. The second-order valence-corrected chi connectivity index (χ2v) is 3.59. The Morgan fingerprint density at radius 1 is 1.53 bits per heavy atom. The van der Waals surface area contributed by atoms with E-state index in [1.807, 2.05) is 0 Å². The number of hydrogen-bond acceptors (Lipinski definition) is 3. The minimum Gasteiger partial charge on any atom is -0.390 e. The number of aliphatic hydroxyl groups is 1. The third-order valence-corrected chi connectivity index (χ3v) is 2.16. The molecule has 3 N–H and O–H groups in total. The Balaban J connectivity index is 0.00000196. The van der Waals surface area contributed by atoms with E-state index < -0.39 is 18.6 Å². The van der Waals surface area contributed by atoms with Crippen molar-refractivity contribution >= 4 is 28.3 Å². The summed E-state index contributed by atoms with van der Waals surface area (Å²) in [4.78, 5) is 3.79. The first-order valence-electron chi connectivity index (χ1n) is 3.84. The highest BCUT2D eigenvalue weighted by molar-refractivity contribution is 9.10. The van der Waals surface area contributed by atoms with Crippen LogP contribution in [0.5, 0.6) is 0 Å². The van der Waals surface area contributed by atoms with Crippen LogP contribution in [0.15, 0.2) is 22.8 Å². The molecule has 0 spiro atoms. The van der Waals surface area contributed by atoms with Gasteiger partial charge in [0.15, 0.2) is 0 Å². The SMILES string of the molecule is Cl.N[C@H](c1cccc(Br)n1)C(F)(F)CO. The summed E-state index contributed by atoms with van der Waals surface area (Å²) in [5, 5.41) is 8.43. The molecule has 0 aliphatic heterocycles. The molecule has 0 bridgehead atoms. The molecule has 1 heterocycles. The smallest absolute Gasteiger partial charge is 0.291 e. The van der Waals surface area contributed by atoms with E-state index in [1.165, 1.54) is 6.07 Å². The molecule has 1 aromatic rings. The molecule has 1 atom stereocenters. The van der Waals surface area contributed by atoms with Gasteiger partial charge in [0, 0.05) is 0 Å². The van der Waals surface area contributed by atoms with Gasteiger partial charge in [0.2, 0.25) is 0 Å². The standard InChI is InChI=1S/C8H9BrF2N2O.ClH/c9-6-3-1-2-5(13-6)7(12)8(10,11)4-14;/h1-3,7,14H,4,12H2;1H/t7-;/m1./s1. The van der Waals surface area contributed by atoms with Gasteiger partial charge >= 0.3 is 0 Å². The molecule has 0 unspecified atom stereocenters. The van der Waals surface area contributed by atoms with E-state index in [0.29, 0.717) is 4.60 Å². The first kappa shape index (κ1) is 14.7. The minimum absolute atomic E-state index is 0. The van der Waals surface area contributed by atoms with Gasteiger partial charge in [-0.3, -0.25) is 0 Å². The zero-order chi connectivity index (χ0) is 10.8. The zero-order valence-electron chi connectivity index (χ0n) is 7.53. The third-order valence-electron chi connectivity index (χ3n) is 1.72. The van der Waals surface area contributed by atoms with Gasteiger partial charge in [-0.15, -0.1) is 12.4 Å². The van der Waals surface area contributed by atoms with Crippen molar-refractivity contribution in [2.45, 2.75) is 12.0 Å². The minimum atomic E-state index is -3.35. The molecule has 0 aliphatic carbocycles. The van der Waals surface area contributed by atoms with Crippen molar-refractivity contribution in [3.05, 3.63) is 28.5 Å². The highest BCUT2D eigenvalue weighted by Gasteiger charge is 2.38. The number of alkyl halides is 2. The van der Waals surface area contributed by atoms with Gasteiger partial charge in [0.1, 0.15) is 17.3 Å². The third kappa shape index (κ3) is 3.64. The van der Waals surface area contributed by atoms with Crippen LogP contribution in [-0.2, 0) is 0 Å². The van der Waals surface area contributed by atoms with Crippen LogP contribution < -0.4 is 5.73 Å². The highest BCUT2D eigenvalue weighted by atomic mass is 79.9. The van der Waals surface area contributed by atoms with Crippen molar-refractivity contribution in [3.8, 4) is 0 Å². The molecule has 0 radical (unpaired) electrons. The fraction of sp³-hybridized carbons (Fsp3) is 0.375. The normalized spacial score (nSPS) is 13.1. The number of aliphatic hydroxyl groups excluding tert-OH is 1. The predicted octanol–water partition coefficient (Wildman–Crippen LogP) is 1.89. The van der Waals surface area contributed by atoms with Crippen molar-refractivity contribution < 1.29 is 13.9 Å². The second-order valence-electron chi connectivity index (χ2n) is 2.78. The van der Waals surface area contributed by atoms with Crippen LogP contribution in [0.4, 0.5) is 8.78 Å². The quantitative estimate of drug-likeness (QED) is 0.839. The number of nitrogens with two attached hydrogens (primary N) is 1. The first-order valence-corrected chi connectivity index (χ1v) is 4.63. The number of rotatable bonds is 3. The molecular formula is C8H10BrClF2N2O. The monoisotopic (exact) mass is 302 g/mol. The molecule has 15 heavy (non-hydrogen) atoms. The van der Waals surface area contributed by atoms with E-state index in [0.717, 1.165) is 0 Å². The maximum atomic E-state index is 12.9. The van der Waals surface area contributed by atoms with E-state index in [4.69, 9.17) is 10.8 Å². The van der Waals surface area contributed by atoms with Crippen LogP contribution in [0.25, 0.3) is 0 Å². The number of nitrogens with zero attached hydrogens (tertiary/aromatic N) is 1. The van der Waals surface area contributed by atoms with Crippen LogP contribution in [0.2, 0.25) is 0 Å². The van der Waals surface area contributed by atoms with Gasteiger partial charge in [-0.25, -0.2) is 13.8 Å². The lowest BCUT2D eigenvalue weighted by Crippen LogP contribution is -2.36. The Labute approximate surface area is 100 Å². The van der Waals surface area contributed by atoms with Gasteiger partial charge in [0.25, 0.3) is 5.92 Å². The Hall–Kier alpha value is -0.300. The Kier molecular flexibility index (Phi) is 5.58. The van der Waals surface area contributed by atoms with Gasteiger partial charge in [0.05, 0.1) is 5.69 Å². The molecule has 86 valence electrons. The average molecular weight is 304 g/mol. The average Bonchev–Trinajstić information content (AvgIpc) is 2.16. The summed E-state index contributed by atoms with van der Waals surface area (Å²) in [6.07, 6.45) is 0. The molecule has 1 rings (SSSR count). The van der Waals surface area contributed by atoms with E-state index in [9.17, 15) is 8.78 Å². The van der Waals surface area contributed by atoms with Crippen LogP contribution in [-0.4, -0.2) is 22.6 Å². The van der Waals surface area contributed by atoms with Crippen molar-refractivity contribution in [3.63, 3.8) is 0 Å². The number of hydrogen-bond donors (Lipinski definition) is 2. The molecule has 0 saturated carbocycles. The summed E-state index contributed by atoms with van der Waals surface area (Å²) in [5.41, 5.74) is 5.30. The lowest BCUT2D eigenvalue weighted by molar-refractivity contribution is -0.0721. The Morgan fingerprint density at radius 3 is 2.60 bits per heavy atom. The lowest BCUT2D eigenvalue weighted by Gasteiger charge is -2.20.